The van der Waals surface area contributed by atoms with E-state index < -0.39 is 29.4 Å². The molecule has 1 aromatic heterocycles. The fraction of sp³-hybridized carbons (Fsp3) is 0.533. The van der Waals surface area contributed by atoms with Gasteiger partial charge in [0.2, 0.25) is 11.8 Å². The average molecular weight is 306 g/mol. The lowest BCUT2D eigenvalue weighted by atomic mass is 9.81. The van der Waals surface area contributed by atoms with E-state index in [1.54, 1.807) is 26.0 Å². The molecule has 0 spiro atoms. The van der Waals surface area contributed by atoms with Gasteiger partial charge in [0.25, 0.3) is 0 Å². The molecular weight excluding hydrogens is 288 g/mol. The van der Waals surface area contributed by atoms with Crippen molar-refractivity contribution in [2.75, 3.05) is 13.7 Å². The van der Waals surface area contributed by atoms with E-state index in [4.69, 9.17) is 9.15 Å². The first kappa shape index (κ1) is 14.8. The van der Waals surface area contributed by atoms with Gasteiger partial charge in [0.1, 0.15) is 11.3 Å². The molecule has 1 aromatic rings. The molecule has 22 heavy (non-hydrogen) atoms. The third kappa shape index (κ3) is 1.81. The van der Waals surface area contributed by atoms with Crippen molar-refractivity contribution in [3.63, 3.8) is 0 Å². The molecular formula is C15H18N2O5. The second-order valence-corrected chi connectivity index (χ2v) is 5.80. The van der Waals surface area contributed by atoms with E-state index in [0.717, 1.165) is 4.90 Å². The molecule has 0 radical (unpaired) electrons. The zero-order valence-electron chi connectivity index (χ0n) is 12.7. The van der Waals surface area contributed by atoms with E-state index in [2.05, 4.69) is 5.32 Å². The molecule has 0 bridgehead atoms. The molecule has 0 aliphatic carbocycles. The maximum atomic E-state index is 12.5. The Bertz CT molecular complexity index is 626. The first-order chi connectivity index (χ1) is 10.4. The number of amides is 2. The zero-order chi connectivity index (χ0) is 16.1. The van der Waals surface area contributed by atoms with Crippen LogP contribution in [-0.4, -0.2) is 41.9 Å². The van der Waals surface area contributed by atoms with Gasteiger partial charge in [-0.25, -0.2) is 0 Å². The van der Waals surface area contributed by atoms with Gasteiger partial charge in [-0.15, -0.1) is 0 Å². The van der Waals surface area contributed by atoms with Crippen molar-refractivity contribution in [3.8, 4) is 0 Å². The van der Waals surface area contributed by atoms with Crippen LogP contribution in [0.5, 0.6) is 0 Å². The van der Waals surface area contributed by atoms with E-state index in [0.29, 0.717) is 5.76 Å². The number of hydrogen-bond donors (Lipinski definition) is 1. The van der Waals surface area contributed by atoms with Gasteiger partial charge in [-0.05, 0) is 26.0 Å². The highest BCUT2D eigenvalue weighted by molar-refractivity contribution is 6.09. The van der Waals surface area contributed by atoms with Gasteiger partial charge in [0.05, 0.1) is 30.7 Å². The van der Waals surface area contributed by atoms with Crippen LogP contribution >= 0.6 is 0 Å². The molecule has 7 heteroatoms. The number of carbonyl (C=O) groups is 3. The Morgan fingerprint density at radius 3 is 2.77 bits per heavy atom. The number of imide groups is 1. The summed E-state index contributed by atoms with van der Waals surface area (Å²) in [6.07, 6.45) is 1.50. The molecule has 2 fully saturated rings. The second-order valence-electron chi connectivity index (χ2n) is 5.80. The Morgan fingerprint density at radius 2 is 2.18 bits per heavy atom. The van der Waals surface area contributed by atoms with E-state index in [1.807, 2.05) is 0 Å². The fourth-order valence-electron chi connectivity index (χ4n) is 3.46. The number of rotatable bonds is 3. The molecule has 3 heterocycles. The summed E-state index contributed by atoms with van der Waals surface area (Å²) in [5.74, 6) is -2.14. The third-order valence-corrected chi connectivity index (χ3v) is 4.56. The smallest absolute Gasteiger partial charge is 0.326 e. The minimum absolute atomic E-state index is 0.205. The van der Waals surface area contributed by atoms with Crippen LogP contribution in [0.2, 0.25) is 0 Å². The summed E-state index contributed by atoms with van der Waals surface area (Å²) < 4.78 is 10.5. The predicted octanol–water partition coefficient (Wildman–Crippen LogP) is 0.477. The van der Waals surface area contributed by atoms with Gasteiger partial charge in [-0.1, -0.05) is 0 Å². The molecule has 7 nitrogen and oxygen atoms in total. The Labute approximate surface area is 127 Å². The van der Waals surface area contributed by atoms with Crippen molar-refractivity contribution < 1.29 is 23.5 Å². The number of nitrogens with zero attached hydrogens (tertiary/aromatic N) is 1. The van der Waals surface area contributed by atoms with Crippen molar-refractivity contribution >= 4 is 17.8 Å². The number of hydrogen-bond acceptors (Lipinski definition) is 6. The van der Waals surface area contributed by atoms with Gasteiger partial charge in [0, 0.05) is 7.05 Å². The number of ether oxygens (including phenoxy) is 1. The Balaban J connectivity index is 2.06. The number of nitrogens with one attached hydrogen (secondary N) is 1. The molecule has 3 rings (SSSR count). The molecule has 2 amide bonds. The normalized spacial score (nSPS) is 34.1. The molecule has 118 valence electrons. The summed E-state index contributed by atoms with van der Waals surface area (Å²) in [5, 5.41) is 3.10. The number of carbonyl (C=O) groups excluding carboxylic acids is 3. The summed E-state index contributed by atoms with van der Waals surface area (Å²) in [5.41, 5.74) is -1.25. The van der Waals surface area contributed by atoms with Crippen LogP contribution in [0.4, 0.5) is 0 Å². The van der Waals surface area contributed by atoms with Crippen molar-refractivity contribution in [1.29, 1.82) is 0 Å². The summed E-state index contributed by atoms with van der Waals surface area (Å²) in [6, 6.07) is 2.90. The van der Waals surface area contributed by atoms with Crippen LogP contribution in [0.1, 0.15) is 25.6 Å². The SMILES string of the molecule is CCOC(=O)[C@]1(C)N[C@H](c2ccco2)[C@@H]2C(=O)N(C)C(=O)[C@@H]21. The lowest BCUT2D eigenvalue weighted by Crippen LogP contribution is -2.53. The minimum atomic E-state index is -1.25. The highest BCUT2D eigenvalue weighted by Crippen LogP contribution is 2.48. The maximum absolute atomic E-state index is 12.5. The van der Waals surface area contributed by atoms with Crippen molar-refractivity contribution in [3.05, 3.63) is 24.2 Å². The van der Waals surface area contributed by atoms with E-state index >= 15 is 0 Å². The molecule has 0 unspecified atom stereocenters. The van der Waals surface area contributed by atoms with Crippen LogP contribution in [0.25, 0.3) is 0 Å². The van der Waals surface area contributed by atoms with Crippen LogP contribution < -0.4 is 5.32 Å². The van der Waals surface area contributed by atoms with Gasteiger partial charge in [-0.2, -0.15) is 0 Å². The standard InChI is InChI=1S/C15H18N2O5/c1-4-21-14(20)15(2)10-9(12(18)17(3)13(10)19)11(16-15)8-6-5-7-22-8/h5-7,9-11,16H,4H2,1-3H3/t9-,10-,11-,15-/m1/s1. The summed E-state index contributed by atoms with van der Waals surface area (Å²) in [7, 11) is 1.44. The number of fused-ring (bicyclic) bond motifs is 1. The average Bonchev–Trinajstić information content (AvgIpc) is 3.15. The topological polar surface area (TPSA) is 88.8 Å². The quantitative estimate of drug-likeness (QED) is 0.645. The van der Waals surface area contributed by atoms with Crippen molar-refractivity contribution in [2.45, 2.75) is 25.4 Å². The van der Waals surface area contributed by atoms with Gasteiger partial charge in [0.15, 0.2) is 0 Å². The van der Waals surface area contributed by atoms with Crippen LogP contribution in [0.15, 0.2) is 22.8 Å². The number of esters is 1. The van der Waals surface area contributed by atoms with Crippen LogP contribution in [0.3, 0.4) is 0 Å². The summed E-state index contributed by atoms with van der Waals surface area (Å²) in [6.45, 7) is 3.51. The first-order valence-corrected chi connectivity index (χ1v) is 7.21. The number of furan rings is 1. The highest BCUT2D eigenvalue weighted by atomic mass is 16.5. The predicted molar refractivity (Wildman–Crippen MR) is 74.4 cm³/mol. The Hall–Kier alpha value is -2.15. The van der Waals surface area contributed by atoms with Gasteiger partial charge < -0.3 is 9.15 Å². The summed E-state index contributed by atoms with van der Waals surface area (Å²) >= 11 is 0. The number of likely N-dealkylation sites (tertiary alicyclic amines) is 1. The third-order valence-electron chi connectivity index (χ3n) is 4.56. The lowest BCUT2D eigenvalue weighted by Gasteiger charge is -2.28. The molecule has 0 aromatic carbocycles. The first-order valence-electron chi connectivity index (χ1n) is 7.21. The monoisotopic (exact) mass is 306 g/mol. The van der Waals surface area contributed by atoms with Crippen LogP contribution in [-0.2, 0) is 19.1 Å². The largest absolute Gasteiger partial charge is 0.468 e. The molecule has 2 aliphatic heterocycles. The van der Waals surface area contributed by atoms with Crippen LogP contribution in [0, 0.1) is 11.8 Å². The van der Waals surface area contributed by atoms with Crippen molar-refractivity contribution in [1.82, 2.24) is 10.2 Å². The maximum Gasteiger partial charge on any atom is 0.326 e. The van der Waals surface area contributed by atoms with E-state index in [-0.39, 0.29) is 18.4 Å². The minimum Gasteiger partial charge on any atom is -0.468 e. The zero-order valence-corrected chi connectivity index (χ0v) is 12.7. The van der Waals surface area contributed by atoms with E-state index in [1.165, 1.54) is 13.3 Å². The molecule has 0 saturated carbocycles. The van der Waals surface area contributed by atoms with Gasteiger partial charge >= 0.3 is 5.97 Å². The lowest BCUT2D eigenvalue weighted by molar-refractivity contribution is -0.155. The summed E-state index contributed by atoms with van der Waals surface area (Å²) in [4.78, 5) is 38.4. The van der Waals surface area contributed by atoms with E-state index in [9.17, 15) is 14.4 Å². The molecule has 2 saturated heterocycles. The second kappa shape index (κ2) is 4.95. The highest BCUT2D eigenvalue weighted by Gasteiger charge is 2.66. The Morgan fingerprint density at radius 1 is 1.45 bits per heavy atom. The molecule has 2 aliphatic rings. The molecule has 1 N–H and O–H groups in total. The Kier molecular flexibility index (Phi) is 3.32. The van der Waals surface area contributed by atoms with Crippen molar-refractivity contribution in [2.24, 2.45) is 11.8 Å². The van der Waals surface area contributed by atoms with Gasteiger partial charge in [-0.3, -0.25) is 24.6 Å². The molecule has 4 atom stereocenters. The fourth-order valence-corrected chi connectivity index (χ4v) is 3.46.